The zero-order valence-corrected chi connectivity index (χ0v) is 9.58. The first kappa shape index (κ1) is 11.9. The van der Waals surface area contributed by atoms with Crippen molar-refractivity contribution >= 4 is 11.2 Å². The molecule has 0 atom stereocenters. The topological polar surface area (TPSA) is 31.6 Å². The molecule has 0 aliphatic rings. The largest absolute Gasteiger partial charge is 0.490 e. The molecule has 2 aromatic rings. The van der Waals surface area contributed by atoms with Gasteiger partial charge in [0.1, 0.15) is 5.58 Å². The highest BCUT2D eigenvalue weighted by atomic mass is 16.5. The molecule has 0 saturated carbocycles. The van der Waals surface area contributed by atoms with E-state index in [1.54, 1.807) is 0 Å². The van der Waals surface area contributed by atoms with Gasteiger partial charge < -0.3 is 13.9 Å². The average molecular weight is 210 g/mol. The van der Waals surface area contributed by atoms with Crippen molar-refractivity contribution in [1.82, 2.24) is 0 Å². The molecule has 0 N–H and O–H groups in total. The van der Waals surface area contributed by atoms with Crippen LogP contribution >= 0.6 is 0 Å². The Morgan fingerprint density at radius 1 is 1.07 bits per heavy atom. The second-order valence-electron chi connectivity index (χ2n) is 2.93. The van der Waals surface area contributed by atoms with E-state index in [1.807, 2.05) is 39.0 Å². The molecule has 0 fully saturated rings. The lowest BCUT2D eigenvalue weighted by molar-refractivity contribution is 0.162. The average Bonchev–Trinajstić information content (AvgIpc) is 2.82. The van der Waals surface area contributed by atoms with Gasteiger partial charge in [-0.15, -0.1) is 0 Å². The summed E-state index contributed by atoms with van der Waals surface area (Å²) >= 11 is 0. The summed E-state index contributed by atoms with van der Waals surface area (Å²) < 4.78 is 15.3. The van der Waals surface area contributed by atoms with Gasteiger partial charge in [0, 0.05) is 19.3 Å². The molecule has 0 unspecified atom stereocenters. The minimum Gasteiger partial charge on any atom is -0.490 e. The van der Waals surface area contributed by atoms with E-state index in [2.05, 4.69) is 0 Å². The Morgan fingerprint density at radius 3 is 2.13 bits per heavy atom. The zero-order valence-electron chi connectivity index (χ0n) is 9.58. The van der Waals surface area contributed by atoms with E-state index in [1.165, 1.54) is 0 Å². The van der Waals surface area contributed by atoms with Crippen LogP contribution < -0.4 is 4.74 Å². The second kappa shape index (κ2) is 6.30. The van der Waals surface area contributed by atoms with Gasteiger partial charge in [0.05, 0.1) is 6.61 Å². The molecule has 15 heavy (non-hydrogen) atoms. The quantitative estimate of drug-likeness (QED) is 0.775. The molecule has 2 bridgehead atoms. The molecule has 0 saturated heterocycles. The Kier molecular flexibility index (Phi) is 4.98. The first-order valence-corrected chi connectivity index (χ1v) is 5.34. The van der Waals surface area contributed by atoms with Crippen LogP contribution in [0.1, 0.15) is 20.8 Å². The smallest absolute Gasteiger partial charge is 0.169 e. The SMILES string of the molecule is CCOCC.CCOc1cc2ccc1o2. The van der Waals surface area contributed by atoms with Gasteiger partial charge in [0.2, 0.25) is 0 Å². The van der Waals surface area contributed by atoms with Crippen molar-refractivity contribution < 1.29 is 13.9 Å². The van der Waals surface area contributed by atoms with Gasteiger partial charge in [0.15, 0.2) is 11.3 Å². The normalized spacial score (nSPS) is 10.1. The second-order valence-corrected chi connectivity index (χ2v) is 2.93. The van der Waals surface area contributed by atoms with E-state index >= 15 is 0 Å². The summed E-state index contributed by atoms with van der Waals surface area (Å²) in [6.45, 7) is 8.32. The summed E-state index contributed by atoms with van der Waals surface area (Å²) in [5.41, 5.74) is 1.73. The van der Waals surface area contributed by atoms with E-state index < -0.39 is 0 Å². The standard InChI is InChI=1S/C8H8O2.C4H10O/c1-2-9-8-5-6-3-4-7(8)10-6;1-3-5-4-2/h3-5H,2H2,1H3;3-4H2,1-2H3. The summed E-state index contributed by atoms with van der Waals surface area (Å²) in [5, 5.41) is 0. The fourth-order valence-electron chi connectivity index (χ4n) is 1.24. The highest BCUT2D eigenvalue weighted by Crippen LogP contribution is 2.28. The predicted molar refractivity (Wildman–Crippen MR) is 60.7 cm³/mol. The maximum Gasteiger partial charge on any atom is 0.169 e. The van der Waals surface area contributed by atoms with E-state index in [9.17, 15) is 0 Å². The summed E-state index contributed by atoms with van der Waals surface area (Å²) in [6.07, 6.45) is 0. The third-order valence-electron chi connectivity index (χ3n) is 1.85. The monoisotopic (exact) mass is 210 g/mol. The van der Waals surface area contributed by atoms with Gasteiger partial charge in [-0.25, -0.2) is 0 Å². The van der Waals surface area contributed by atoms with Crippen molar-refractivity contribution in [1.29, 1.82) is 0 Å². The third kappa shape index (κ3) is 3.44. The van der Waals surface area contributed by atoms with Crippen LogP contribution in [0.2, 0.25) is 0 Å². The maximum absolute atomic E-state index is 5.26. The molecule has 0 amide bonds. The minimum absolute atomic E-state index is 0.694. The van der Waals surface area contributed by atoms with E-state index in [4.69, 9.17) is 13.9 Å². The molecule has 0 radical (unpaired) electrons. The molecule has 3 nitrogen and oxygen atoms in total. The molecular weight excluding hydrogens is 192 g/mol. The number of hydrogen-bond acceptors (Lipinski definition) is 3. The molecule has 2 aromatic heterocycles. The zero-order chi connectivity index (χ0) is 11.1. The van der Waals surface area contributed by atoms with Crippen molar-refractivity contribution in [3.05, 3.63) is 18.2 Å². The van der Waals surface area contributed by atoms with Gasteiger partial charge >= 0.3 is 0 Å². The number of hydrogen-bond donors (Lipinski definition) is 0. The molecule has 3 heteroatoms. The fraction of sp³-hybridized carbons (Fsp3) is 0.500. The summed E-state index contributed by atoms with van der Waals surface area (Å²) in [7, 11) is 0. The first-order valence-electron chi connectivity index (χ1n) is 5.34. The number of benzene rings is 1. The third-order valence-corrected chi connectivity index (χ3v) is 1.85. The number of ether oxygens (including phenoxy) is 2. The molecule has 2 heterocycles. The molecule has 0 spiro atoms. The first-order chi connectivity index (χ1) is 7.31. The lowest BCUT2D eigenvalue weighted by Crippen LogP contribution is -1.88. The van der Waals surface area contributed by atoms with Gasteiger partial charge in [0.25, 0.3) is 0 Å². The molecule has 2 rings (SSSR count). The highest BCUT2D eigenvalue weighted by molar-refractivity contribution is 5.69. The highest BCUT2D eigenvalue weighted by Gasteiger charge is 2.05. The Hall–Kier alpha value is -1.22. The molecule has 0 aromatic carbocycles. The van der Waals surface area contributed by atoms with E-state index in [0.717, 1.165) is 30.1 Å². The maximum atomic E-state index is 5.26. The van der Waals surface area contributed by atoms with Gasteiger partial charge in [-0.3, -0.25) is 0 Å². The number of rotatable bonds is 4. The van der Waals surface area contributed by atoms with Crippen molar-refractivity contribution in [3.63, 3.8) is 0 Å². The number of fused-ring (bicyclic) bond motifs is 2. The predicted octanol–water partition coefficient (Wildman–Crippen LogP) is 3.31. The van der Waals surface area contributed by atoms with Gasteiger partial charge in [-0.05, 0) is 32.9 Å². The molecule has 0 aliphatic carbocycles. The molecule has 0 aliphatic heterocycles. The van der Waals surface area contributed by atoms with Crippen molar-refractivity contribution in [2.24, 2.45) is 0 Å². The Balaban J connectivity index is 0.000000195. The van der Waals surface area contributed by atoms with Crippen LogP contribution in [-0.2, 0) is 4.74 Å². The fourth-order valence-corrected chi connectivity index (χ4v) is 1.24. The summed E-state index contributed by atoms with van der Waals surface area (Å²) in [6, 6.07) is 5.75. The van der Waals surface area contributed by atoms with Crippen molar-refractivity contribution in [3.8, 4) is 5.75 Å². The van der Waals surface area contributed by atoms with Gasteiger partial charge in [-0.1, -0.05) is 0 Å². The van der Waals surface area contributed by atoms with Crippen LogP contribution in [0.3, 0.4) is 0 Å². The summed E-state index contributed by atoms with van der Waals surface area (Å²) in [5.74, 6) is 0.861. The van der Waals surface area contributed by atoms with Crippen LogP contribution in [0.15, 0.2) is 22.6 Å². The van der Waals surface area contributed by atoms with Crippen LogP contribution in [0, 0.1) is 0 Å². The van der Waals surface area contributed by atoms with Crippen LogP contribution in [0.4, 0.5) is 0 Å². The van der Waals surface area contributed by atoms with Crippen molar-refractivity contribution in [2.75, 3.05) is 19.8 Å². The number of furan rings is 2. The minimum atomic E-state index is 0.694. The van der Waals surface area contributed by atoms with E-state index in [0.29, 0.717) is 6.61 Å². The van der Waals surface area contributed by atoms with Crippen LogP contribution in [0.5, 0.6) is 5.75 Å². The lowest BCUT2D eigenvalue weighted by atomic mass is 10.3. The molecule has 84 valence electrons. The lowest BCUT2D eigenvalue weighted by Gasteiger charge is -1.96. The Bertz CT molecular complexity index is 351. The van der Waals surface area contributed by atoms with E-state index in [-0.39, 0.29) is 0 Å². The summed E-state index contributed by atoms with van der Waals surface area (Å²) in [4.78, 5) is 0. The Morgan fingerprint density at radius 2 is 1.80 bits per heavy atom. The Labute approximate surface area is 90.3 Å². The van der Waals surface area contributed by atoms with Crippen LogP contribution in [0.25, 0.3) is 11.2 Å². The van der Waals surface area contributed by atoms with Crippen molar-refractivity contribution in [2.45, 2.75) is 20.8 Å². The molecular formula is C12H18O3. The van der Waals surface area contributed by atoms with Crippen LogP contribution in [-0.4, -0.2) is 19.8 Å². The van der Waals surface area contributed by atoms with Gasteiger partial charge in [-0.2, -0.15) is 0 Å².